The molecule has 0 saturated carbocycles. The molecule has 1 aromatic carbocycles. The summed E-state index contributed by atoms with van der Waals surface area (Å²) in [6.07, 6.45) is 0. The molecule has 2 aromatic rings. The van der Waals surface area contributed by atoms with E-state index in [1.807, 2.05) is 0 Å². The lowest BCUT2D eigenvalue weighted by atomic mass is 10.1. The largest absolute Gasteiger partial charge is 0.479 e. The van der Waals surface area contributed by atoms with Crippen molar-refractivity contribution >= 4 is 5.97 Å². The summed E-state index contributed by atoms with van der Waals surface area (Å²) in [5.41, 5.74) is 0.173. The Morgan fingerprint density at radius 3 is 2.67 bits per heavy atom. The fraction of sp³-hybridized carbons (Fsp3) is 0.0833. The van der Waals surface area contributed by atoms with Crippen molar-refractivity contribution in [3.05, 3.63) is 41.7 Å². The van der Waals surface area contributed by atoms with Gasteiger partial charge in [0.15, 0.2) is 0 Å². The number of carboxylic acid groups (broad SMARTS) is 1. The molecule has 92 valence electrons. The molecule has 0 atom stereocenters. The van der Waals surface area contributed by atoms with E-state index in [-0.39, 0.29) is 22.7 Å². The van der Waals surface area contributed by atoms with Crippen LogP contribution in [0, 0.1) is 5.82 Å². The SMILES string of the molecule is COc1nnc(-c2ccccc2F)cc1C(=O)O. The van der Waals surface area contributed by atoms with Gasteiger partial charge < -0.3 is 9.84 Å². The number of nitrogens with zero attached hydrogens (tertiary/aromatic N) is 2. The van der Waals surface area contributed by atoms with Crippen molar-refractivity contribution in [2.24, 2.45) is 0 Å². The van der Waals surface area contributed by atoms with E-state index in [0.29, 0.717) is 0 Å². The maximum atomic E-state index is 13.5. The maximum Gasteiger partial charge on any atom is 0.341 e. The van der Waals surface area contributed by atoms with Crippen LogP contribution < -0.4 is 4.74 Å². The van der Waals surface area contributed by atoms with E-state index in [4.69, 9.17) is 9.84 Å². The van der Waals surface area contributed by atoms with Gasteiger partial charge in [0, 0.05) is 5.56 Å². The number of halogens is 1. The number of methoxy groups -OCH3 is 1. The Balaban J connectivity index is 2.57. The Bertz CT molecular complexity index is 602. The second-order valence-corrected chi connectivity index (χ2v) is 3.44. The Morgan fingerprint density at radius 1 is 1.33 bits per heavy atom. The van der Waals surface area contributed by atoms with Crippen molar-refractivity contribution in [2.75, 3.05) is 7.11 Å². The number of hydrogen-bond acceptors (Lipinski definition) is 4. The first-order chi connectivity index (χ1) is 8.63. The van der Waals surface area contributed by atoms with E-state index in [1.54, 1.807) is 6.07 Å². The Labute approximate surface area is 102 Å². The van der Waals surface area contributed by atoms with E-state index in [2.05, 4.69) is 10.2 Å². The van der Waals surface area contributed by atoms with Gasteiger partial charge in [0.05, 0.1) is 12.8 Å². The first kappa shape index (κ1) is 12.0. The quantitative estimate of drug-likeness (QED) is 0.899. The van der Waals surface area contributed by atoms with Crippen molar-refractivity contribution < 1.29 is 19.0 Å². The molecular weight excluding hydrogens is 239 g/mol. The number of aromatic carboxylic acids is 1. The summed E-state index contributed by atoms with van der Waals surface area (Å²) in [5, 5.41) is 16.4. The molecule has 0 spiro atoms. The fourth-order valence-electron chi connectivity index (χ4n) is 1.49. The zero-order valence-electron chi connectivity index (χ0n) is 9.42. The molecule has 2 rings (SSSR count). The predicted molar refractivity (Wildman–Crippen MR) is 60.9 cm³/mol. The predicted octanol–water partition coefficient (Wildman–Crippen LogP) is 1.99. The third-order valence-corrected chi connectivity index (χ3v) is 2.33. The third kappa shape index (κ3) is 2.13. The number of rotatable bonds is 3. The summed E-state index contributed by atoms with van der Waals surface area (Å²) in [6, 6.07) is 7.16. The molecule has 0 unspecified atom stereocenters. The summed E-state index contributed by atoms with van der Waals surface area (Å²) < 4.78 is 18.3. The molecule has 18 heavy (non-hydrogen) atoms. The topological polar surface area (TPSA) is 72.3 Å². The number of carbonyl (C=O) groups is 1. The van der Waals surface area contributed by atoms with E-state index in [0.717, 1.165) is 0 Å². The van der Waals surface area contributed by atoms with Gasteiger partial charge in [-0.3, -0.25) is 0 Å². The second-order valence-electron chi connectivity index (χ2n) is 3.44. The second kappa shape index (κ2) is 4.79. The highest BCUT2D eigenvalue weighted by Gasteiger charge is 2.16. The lowest BCUT2D eigenvalue weighted by molar-refractivity contribution is 0.0692. The van der Waals surface area contributed by atoms with Crippen LogP contribution in [0.2, 0.25) is 0 Å². The molecule has 0 saturated heterocycles. The molecule has 0 amide bonds. The summed E-state index contributed by atoms with van der Waals surface area (Å²) in [7, 11) is 1.29. The first-order valence-corrected chi connectivity index (χ1v) is 5.03. The van der Waals surface area contributed by atoms with Crippen LogP contribution in [0.15, 0.2) is 30.3 Å². The van der Waals surface area contributed by atoms with Gasteiger partial charge in [-0.2, -0.15) is 0 Å². The molecule has 6 heteroatoms. The van der Waals surface area contributed by atoms with Crippen LogP contribution in [-0.4, -0.2) is 28.4 Å². The highest BCUT2D eigenvalue weighted by molar-refractivity contribution is 5.91. The minimum atomic E-state index is -1.21. The average Bonchev–Trinajstić information content (AvgIpc) is 2.38. The van der Waals surface area contributed by atoms with Crippen LogP contribution in [0.25, 0.3) is 11.3 Å². The van der Waals surface area contributed by atoms with E-state index < -0.39 is 11.8 Å². The number of carboxylic acids is 1. The van der Waals surface area contributed by atoms with Gasteiger partial charge in [-0.05, 0) is 18.2 Å². The van der Waals surface area contributed by atoms with Crippen molar-refractivity contribution in [1.29, 1.82) is 0 Å². The average molecular weight is 248 g/mol. The summed E-state index contributed by atoms with van der Waals surface area (Å²) in [6.45, 7) is 0. The smallest absolute Gasteiger partial charge is 0.341 e. The normalized spacial score (nSPS) is 10.1. The molecule has 1 N–H and O–H groups in total. The zero-order chi connectivity index (χ0) is 13.1. The minimum Gasteiger partial charge on any atom is -0.479 e. The van der Waals surface area contributed by atoms with Gasteiger partial charge in [0.25, 0.3) is 0 Å². The van der Waals surface area contributed by atoms with Crippen molar-refractivity contribution in [1.82, 2.24) is 10.2 Å². The van der Waals surface area contributed by atoms with Crippen LogP contribution in [0.4, 0.5) is 4.39 Å². The molecule has 0 radical (unpaired) electrons. The minimum absolute atomic E-state index is 0.109. The number of hydrogen-bond donors (Lipinski definition) is 1. The first-order valence-electron chi connectivity index (χ1n) is 5.03. The molecule has 0 aliphatic heterocycles. The number of benzene rings is 1. The monoisotopic (exact) mass is 248 g/mol. The Morgan fingerprint density at radius 2 is 2.06 bits per heavy atom. The zero-order valence-corrected chi connectivity index (χ0v) is 9.42. The molecule has 0 aliphatic rings. The van der Waals surface area contributed by atoms with Crippen LogP contribution in [0.3, 0.4) is 0 Å². The molecular formula is C12H9FN2O3. The van der Waals surface area contributed by atoms with Gasteiger partial charge in [0.2, 0.25) is 5.88 Å². The molecule has 1 aromatic heterocycles. The standard InChI is InChI=1S/C12H9FN2O3/c1-18-11-8(12(16)17)6-10(14-15-11)7-4-2-3-5-9(7)13/h2-6H,1H3,(H,16,17). The lowest BCUT2D eigenvalue weighted by Gasteiger charge is -2.06. The highest BCUT2D eigenvalue weighted by atomic mass is 19.1. The number of ether oxygens (including phenoxy) is 1. The van der Waals surface area contributed by atoms with Gasteiger partial charge >= 0.3 is 5.97 Å². The molecule has 5 nitrogen and oxygen atoms in total. The van der Waals surface area contributed by atoms with Crippen LogP contribution in [0.5, 0.6) is 5.88 Å². The Kier molecular flexibility index (Phi) is 3.18. The van der Waals surface area contributed by atoms with Crippen molar-refractivity contribution in [2.45, 2.75) is 0 Å². The van der Waals surface area contributed by atoms with Crippen LogP contribution >= 0.6 is 0 Å². The van der Waals surface area contributed by atoms with Gasteiger partial charge in [-0.1, -0.05) is 12.1 Å². The number of aromatic nitrogens is 2. The van der Waals surface area contributed by atoms with Gasteiger partial charge in [-0.25, -0.2) is 9.18 Å². The lowest BCUT2D eigenvalue weighted by Crippen LogP contribution is -2.05. The van der Waals surface area contributed by atoms with Gasteiger partial charge in [-0.15, -0.1) is 10.2 Å². The highest BCUT2D eigenvalue weighted by Crippen LogP contribution is 2.24. The van der Waals surface area contributed by atoms with E-state index >= 15 is 0 Å². The van der Waals surface area contributed by atoms with Crippen molar-refractivity contribution in [3.8, 4) is 17.1 Å². The molecule has 1 heterocycles. The third-order valence-electron chi connectivity index (χ3n) is 2.33. The van der Waals surface area contributed by atoms with E-state index in [9.17, 15) is 9.18 Å². The summed E-state index contributed by atoms with van der Waals surface area (Å²) >= 11 is 0. The summed E-state index contributed by atoms with van der Waals surface area (Å²) in [5.74, 6) is -1.81. The van der Waals surface area contributed by atoms with E-state index in [1.165, 1.54) is 31.4 Å². The Hall–Kier alpha value is -2.50. The molecule has 0 fully saturated rings. The van der Waals surface area contributed by atoms with Gasteiger partial charge in [0.1, 0.15) is 11.4 Å². The summed E-state index contributed by atoms with van der Waals surface area (Å²) in [4.78, 5) is 11.0. The van der Waals surface area contributed by atoms with Crippen LogP contribution in [0.1, 0.15) is 10.4 Å². The molecule has 0 aliphatic carbocycles. The fourth-order valence-corrected chi connectivity index (χ4v) is 1.49. The van der Waals surface area contributed by atoms with Crippen LogP contribution in [-0.2, 0) is 0 Å². The maximum absolute atomic E-state index is 13.5. The van der Waals surface area contributed by atoms with Crippen molar-refractivity contribution in [3.63, 3.8) is 0 Å². The molecule has 0 bridgehead atoms.